The normalized spacial score (nSPS) is 26.3. The van der Waals surface area contributed by atoms with Crippen LogP contribution in [0.3, 0.4) is 0 Å². The summed E-state index contributed by atoms with van der Waals surface area (Å²) in [5.41, 5.74) is 1.19. The molecule has 3 rings (SSSR count). The Labute approximate surface area is 119 Å². The third kappa shape index (κ3) is 2.35. The van der Waals surface area contributed by atoms with Gasteiger partial charge in [0.05, 0.1) is 0 Å². The number of rotatable bonds is 2. The Morgan fingerprint density at radius 1 is 1.21 bits per heavy atom. The van der Waals surface area contributed by atoms with Gasteiger partial charge in [-0.2, -0.15) is 17.0 Å². The Morgan fingerprint density at radius 3 is 2.68 bits per heavy atom. The molecule has 0 amide bonds. The predicted molar refractivity (Wildman–Crippen MR) is 77.5 cm³/mol. The van der Waals surface area contributed by atoms with E-state index in [1.807, 2.05) is 6.92 Å². The second kappa shape index (κ2) is 5.16. The first-order valence-electron chi connectivity index (χ1n) is 6.94. The van der Waals surface area contributed by atoms with E-state index in [0.29, 0.717) is 19.6 Å². The molecular formula is C13H20N2O2S2. The molecule has 0 radical (unpaired) electrons. The highest BCUT2D eigenvalue weighted by Crippen LogP contribution is 2.35. The summed E-state index contributed by atoms with van der Waals surface area (Å²) in [4.78, 5) is 1.34. The fraction of sp³-hybridized carbons (Fsp3) is 0.692. The van der Waals surface area contributed by atoms with Crippen LogP contribution in [0.1, 0.15) is 42.7 Å². The van der Waals surface area contributed by atoms with Crippen molar-refractivity contribution in [1.29, 1.82) is 0 Å². The first-order chi connectivity index (χ1) is 9.10. The quantitative estimate of drug-likeness (QED) is 0.841. The predicted octanol–water partition coefficient (Wildman–Crippen LogP) is 2.40. The lowest BCUT2D eigenvalue weighted by Gasteiger charge is -2.37. The van der Waals surface area contributed by atoms with Crippen molar-refractivity contribution in [1.82, 2.24) is 8.61 Å². The van der Waals surface area contributed by atoms with Crippen molar-refractivity contribution >= 4 is 21.5 Å². The zero-order valence-electron chi connectivity index (χ0n) is 11.2. The average Bonchev–Trinajstić information content (AvgIpc) is 2.89. The minimum Gasteiger partial charge on any atom is -0.195 e. The van der Waals surface area contributed by atoms with Gasteiger partial charge >= 0.3 is 0 Å². The molecule has 2 aliphatic rings. The van der Waals surface area contributed by atoms with Crippen LogP contribution < -0.4 is 0 Å². The van der Waals surface area contributed by atoms with Gasteiger partial charge in [0.25, 0.3) is 10.2 Å². The summed E-state index contributed by atoms with van der Waals surface area (Å²) in [7, 11) is -3.28. The topological polar surface area (TPSA) is 40.6 Å². The number of piperidine rings is 1. The first-order valence-corrected chi connectivity index (χ1v) is 9.21. The molecule has 1 saturated heterocycles. The summed E-state index contributed by atoms with van der Waals surface area (Å²) in [6.45, 7) is 3.99. The zero-order chi connectivity index (χ0) is 13.5. The van der Waals surface area contributed by atoms with E-state index in [9.17, 15) is 8.42 Å². The van der Waals surface area contributed by atoms with Crippen molar-refractivity contribution < 1.29 is 8.42 Å². The molecule has 6 heteroatoms. The van der Waals surface area contributed by atoms with E-state index >= 15 is 0 Å². The lowest BCUT2D eigenvalue weighted by atomic mass is 10.0. The number of nitrogens with zero attached hydrogens (tertiary/aromatic N) is 2. The number of thiophene rings is 1. The van der Waals surface area contributed by atoms with Crippen LogP contribution in [-0.2, 0) is 16.6 Å². The Balaban J connectivity index is 1.86. The number of fused-ring (bicyclic) bond motifs is 1. The van der Waals surface area contributed by atoms with Gasteiger partial charge in [0.1, 0.15) is 0 Å². The summed E-state index contributed by atoms with van der Waals surface area (Å²) >= 11 is 1.74. The molecule has 1 aromatic heterocycles. The van der Waals surface area contributed by atoms with Crippen LogP contribution >= 0.6 is 11.3 Å². The summed E-state index contributed by atoms with van der Waals surface area (Å²) in [5.74, 6) is 0. The van der Waals surface area contributed by atoms with Crippen molar-refractivity contribution in [2.45, 2.75) is 38.6 Å². The fourth-order valence-corrected chi connectivity index (χ4v) is 5.86. The molecule has 19 heavy (non-hydrogen) atoms. The second-order valence-electron chi connectivity index (χ2n) is 5.30. The van der Waals surface area contributed by atoms with Gasteiger partial charge < -0.3 is 0 Å². The minimum absolute atomic E-state index is 0.0260. The molecular weight excluding hydrogens is 280 g/mol. The fourth-order valence-electron chi connectivity index (χ4n) is 3.05. The largest absolute Gasteiger partial charge is 0.282 e. The molecule has 3 heterocycles. The van der Waals surface area contributed by atoms with Crippen molar-refractivity contribution in [3.8, 4) is 0 Å². The van der Waals surface area contributed by atoms with Crippen LogP contribution in [-0.4, -0.2) is 36.7 Å². The molecule has 0 aliphatic carbocycles. The maximum atomic E-state index is 12.7. The van der Waals surface area contributed by atoms with Gasteiger partial charge in [-0.25, -0.2) is 0 Å². The lowest BCUT2D eigenvalue weighted by Crippen LogP contribution is -2.48. The molecule has 1 aromatic rings. The maximum Gasteiger partial charge on any atom is 0.282 e. The molecule has 0 bridgehead atoms. The smallest absolute Gasteiger partial charge is 0.195 e. The molecule has 0 saturated carbocycles. The van der Waals surface area contributed by atoms with Gasteiger partial charge in [0.2, 0.25) is 0 Å². The van der Waals surface area contributed by atoms with E-state index in [1.54, 1.807) is 19.9 Å². The highest BCUT2D eigenvalue weighted by molar-refractivity contribution is 7.86. The molecule has 1 fully saturated rings. The molecule has 106 valence electrons. The van der Waals surface area contributed by atoms with E-state index in [0.717, 1.165) is 25.7 Å². The molecule has 4 nitrogen and oxygen atoms in total. The van der Waals surface area contributed by atoms with Gasteiger partial charge in [-0.1, -0.05) is 6.42 Å². The minimum atomic E-state index is -3.28. The van der Waals surface area contributed by atoms with E-state index in [1.165, 1.54) is 10.4 Å². The van der Waals surface area contributed by atoms with Gasteiger partial charge in [-0.05, 0) is 43.2 Å². The zero-order valence-corrected chi connectivity index (χ0v) is 12.8. The molecule has 0 aromatic carbocycles. The number of hydrogen-bond donors (Lipinski definition) is 0. The Kier molecular flexibility index (Phi) is 3.68. The van der Waals surface area contributed by atoms with Crippen LogP contribution in [0.2, 0.25) is 0 Å². The highest BCUT2D eigenvalue weighted by Gasteiger charge is 2.37. The van der Waals surface area contributed by atoms with Gasteiger partial charge in [0.15, 0.2) is 0 Å². The maximum absolute atomic E-state index is 12.7. The van der Waals surface area contributed by atoms with Crippen molar-refractivity contribution in [3.63, 3.8) is 0 Å². The Bertz CT molecular complexity index is 547. The van der Waals surface area contributed by atoms with Crippen LogP contribution in [0.25, 0.3) is 0 Å². The van der Waals surface area contributed by atoms with Crippen molar-refractivity contribution in [2.24, 2.45) is 0 Å². The highest BCUT2D eigenvalue weighted by atomic mass is 32.2. The number of hydrogen-bond acceptors (Lipinski definition) is 3. The Hall–Kier alpha value is -0.430. The summed E-state index contributed by atoms with van der Waals surface area (Å²) < 4.78 is 28.8. The monoisotopic (exact) mass is 300 g/mol. The van der Waals surface area contributed by atoms with E-state index in [2.05, 4.69) is 11.4 Å². The van der Waals surface area contributed by atoms with Crippen LogP contribution in [0.5, 0.6) is 0 Å². The van der Waals surface area contributed by atoms with Crippen LogP contribution in [0.15, 0.2) is 11.4 Å². The molecule has 0 unspecified atom stereocenters. The SMILES string of the molecule is C[C@@H]1c2ccsc2CCN1S(=O)(=O)N1CCCCC1. The van der Waals surface area contributed by atoms with Crippen molar-refractivity contribution in [2.75, 3.05) is 19.6 Å². The second-order valence-corrected chi connectivity index (χ2v) is 8.19. The standard InChI is InChI=1S/C13H20N2O2S2/c1-11-12-6-10-18-13(12)5-9-15(11)19(16,17)14-7-3-2-4-8-14/h6,10-11H,2-5,7-9H2,1H3/t11-/m1/s1. The van der Waals surface area contributed by atoms with E-state index in [4.69, 9.17) is 0 Å². The molecule has 1 atom stereocenters. The molecule has 0 N–H and O–H groups in total. The third-order valence-electron chi connectivity index (χ3n) is 4.16. The van der Waals surface area contributed by atoms with Crippen LogP contribution in [0, 0.1) is 0 Å². The molecule has 2 aliphatic heterocycles. The molecule has 0 spiro atoms. The van der Waals surface area contributed by atoms with Gasteiger partial charge in [0, 0.05) is 30.6 Å². The summed E-state index contributed by atoms with van der Waals surface area (Å²) in [5, 5.41) is 2.07. The van der Waals surface area contributed by atoms with E-state index < -0.39 is 10.2 Å². The first kappa shape index (κ1) is 13.5. The van der Waals surface area contributed by atoms with Crippen LogP contribution in [0.4, 0.5) is 0 Å². The lowest BCUT2D eigenvalue weighted by molar-refractivity contribution is 0.269. The third-order valence-corrected chi connectivity index (χ3v) is 7.26. The van der Waals surface area contributed by atoms with Gasteiger partial charge in [-0.15, -0.1) is 11.3 Å². The average molecular weight is 300 g/mol. The van der Waals surface area contributed by atoms with Crippen molar-refractivity contribution in [3.05, 3.63) is 21.9 Å². The van der Waals surface area contributed by atoms with E-state index in [-0.39, 0.29) is 6.04 Å². The van der Waals surface area contributed by atoms with Gasteiger partial charge in [-0.3, -0.25) is 0 Å². The Morgan fingerprint density at radius 2 is 1.95 bits per heavy atom. The summed E-state index contributed by atoms with van der Waals surface area (Å²) in [6, 6.07) is 2.05. The summed E-state index contributed by atoms with van der Waals surface area (Å²) in [6.07, 6.45) is 3.98.